The number of hydrogen-bond acceptors (Lipinski definition) is 7. The fourth-order valence-electron chi connectivity index (χ4n) is 6.61. The molecule has 6 nitrogen and oxygen atoms in total. The van der Waals surface area contributed by atoms with Gasteiger partial charge in [0.1, 0.15) is 16.5 Å². The number of esters is 1. The number of benzene rings is 4. The zero-order chi connectivity index (χ0) is 38.3. The number of thiazole rings is 1. The average molecular weight is 732 g/mol. The number of fused-ring (bicyclic) bond motifs is 2. The smallest absolute Gasteiger partial charge is 0.310 e. The fourth-order valence-corrected chi connectivity index (χ4v) is 7.74. The monoisotopic (exact) mass is 731 g/mol. The van der Waals surface area contributed by atoms with Crippen LogP contribution in [-0.2, 0) is 16.0 Å². The van der Waals surface area contributed by atoms with Gasteiger partial charge >= 0.3 is 5.97 Å². The van der Waals surface area contributed by atoms with E-state index in [1.165, 1.54) is 11.1 Å². The predicted molar refractivity (Wildman–Crippen MR) is 220 cm³/mol. The average Bonchev–Trinajstić information content (AvgIpc) is 3.52. The predicted octanol–water partition coefficient (Wildman–Crippen LogP) is 11.6. The maximum atomic E-state index is 12.9. The van der Waals surface area contributed by atoms with Crippen LogP contribution in [0.1, 0.15) is 82.1 Å². The second-order valence-corrected chi connectivity index (χ2v) is 15.7. The first kappa shape index (κ1) is 39.5. The summed E-state index contributed by atoms with van der Waals surface area (Å²) >= 11 is 1.66. The number of rotatable bonds is 12. The highest BCUT2D eigenvalue weighted by molar-refractivity contribution is 7.22. The molecule has 0 aliphatic carbocycles. The van der Waals surface area contributed by atoms with Crippen LogP contribution in [0.15, 0.2) is 92.0 Å². The highest BCUT2D eigenvalue weighted by Crippen LogP contribution is 2.45. The Bertz CT molecular complexity index is 2080. The van der Waals surface area contributed by atoms with E-state index >= 15 is 0 Å². The second kappa shape index (κ2) is 17.4. The molecule has 0 amide bonds. The van der Waals surface area contributed by atoms with Gasteiger partial charge in [0.25, 0.3) is 0 Å². The van der Waals surface area contributed by atoms with Gasteiger partial charge in [-0.1, -0.05) is 48.0 Å². The molecule has 0 spiro atoms. The molecular weight excluding hydrogens is 679 g/mol. The van der Waals surface area contributed by atoms with Crippen molar-refractivity contribution in [2.75, 3.05) is 13.2 Å². The molecule has 0 bridgehead atoms. The fraction of sp³-hybridized carbons (Fsp3) is 0.348. The van der Waals surface area contributed by atoms with Gasteiger partial charge < -0.3 is 19.3 Å². The summed E-state index contributed by atoms with van der Waals surface area (Å²) < 4.78 is 18.9. The van der Waals surface area contributed by atoms with Crippen LogP contribution >= 0.6 is 11.3 Å². The minimum atomic E-state index is -0.500. The maximum absolute atomic E-state index is 12.9. The number of nitrogens with zero attached hydrogens (tertiary/aromatic N) is 1. The van der Waals surface area contributed by atoms with Crippen molar-refractivity contribution in [2.24, 2.45) is 0 Å². The molecule has 2 atom stereocenters. The summed E-state index contributed by atoms with van der Waals surface area (Å²) in [4.78, 5) is 18.1. The molecule has 0 saturated heterocycles. The summed E-state index contributed by atoms with van der Waals surface area (Å²) in [7, 11) is 0. The molecule has 278 valence electrons. The molecule has 0 saturated carbocycles. The molecule has 1 unspecified atom stereocenters. The summed E-state index contributed by atoms with van der Waals surface area (Å²) in [5.74, 6) is 1.88. The molecule has 1 aliphatic rings. The zero-order valence-corrected chi connectivity index (χ0v) is 33.1. The Morgan fingerprint density at radius 2 is 1.79 bits per heavy atom. The molecule has 6 rings (SSSR count). The Balaban J connectivity index is 0.00000101. The first-order chi connectivity index (χ1) is 25.3. The molecule has 7 heteroatoms. The number of aliphatic hydroxyl groups is 1. The number of aryl methyl sites for hydroxylation is 2. The Morgan fingerprint density at radius 1 is 1.04 bits per heavy atom. The molecule has 53 heavy (non-hydrogen) atoms. The Kier molecular flexibility index (Phi) is 13.0. The van der Waals surface area contributed by atoms with Gasteiger partial charge in [0.15, 0.2) is 0 Å². The molecule has 2 heterocycles. The molecule has 1 aliphatic heterocycles. The molecule has 0 fully saturated rings. The van der Waals surface area contributed by atoms with Gasteiger partial charge in [0, 0.05) is 23.1 Å². The van der Waals surface area contributed by atoms with Crippen LogP contribution in [0, 0.1) is 13.8 Å². The summed E-state index contributed by atoms with van der Waals surface area (Å²) in [6, 6.07) is 23.4. The maximum Gasteiger partial charge on any atom is 0.310 e. The summed E-state index contributed by atoms with van der Waals surface area (Å²) in [6.45, 7) is 22.2. The van der Waals surface area contributed by atoms with Crippen molar-refractivity contribution in [3.8, 4) is 44.3 Å². The van der Waals surface area contributed by atoms with E-state index in [0.717, 1.165) is 84.9 Å². The van der Waals surface area contributed by atoms with Crippen LogP contribution in [0.25, 0.3) is 43.0 Å². The van der Waals surface area contributed by atoms with E-state index in [0.29, 0.717) is 19.1 Å². The van der Waals surface area contributed by atoms with Gasteiger partial charge in [0.2, 0.25) is 0 Å². The van der Waals surface area contributed by atoms with Crippen molar-refractivity contribution >= 4 is 27.5 Å². The SMILES string of the molecule is C=CCC1CCOc2ccc(-c3c(CC(=O)OCC)c(C)cc4nc(-c5cccc(-c6cc(C)ccc6O[C@@H](C)CC=C)c5)sc34)cc21.CC(C)(C)O. The van der Waals surface area contributed by atoms with Crippen LogP contribution in [0.3, 0.4) is 0 Å². The van der Waals surface area contributed by atoms with E-state index in [-0.39, 0.29) is 18.5 Å². The number of hydrogen-bond donors (Lipinski definition) is 1. The van der Waals surface area contributed by atoms with Gasteiger partial charge in [-0.25, -0.2) is 4.98 Å². The number of carbonyl (C=O) groups is 1. The number of carbonyl (C=O) groups excluding carboxylic acids is 1. The summed E-state index contributed by atoms with van der Waals surface area (Å²) in [5.41, 5.74) is 9.99. The first-order valence-electron chi connectivity index (χ1n) is 18.5. The van der Waals surface area contributed by atoms with Gasteiger partial charge in [0.05, 0.1) is 41.6 Å². The van der Waals surface area contributed by atoms with Crippen molar-refractivity contribution in [1.29, 1.82) is 0 Å². The van der Waals surface area contributed by atoms with E-state index in [1.54, 1.807) is 32.1 Å². The quantitative estimate of drug-likeness (QED) is 0.102. The van der Waals surface area contributed by atoms with Crippen molar-refractivity contribution < 1.29 is 24.1 Å². The first-order valence-corrected chi connectivity index (χ1v) is 19.3. The molecular formula is C46H53NO5S. The molecule has 5 aromatic rings. The number of ether oxygens (including phenoxy) is 3. The van der Waals surface area contributed by atoms with E-state index in [9.17, 15) is 4.79 Å². The standard InChI is InChI=1S/C42H43NO4S.C4H10O/c1-7-11-28(6)47-38-17-15-26(4)21-34(38)30-13-10-14-32(23-30)42-43-36-22-27(5)33(25-39(44)45-9-3)40(41(36)48-42)31-16-18-37-35(24-31)29(12-8-2)19-20-46-37;1-4(2,3)5/h7-8,10,13-18,21-24,28-29H,1-2,9,11-12,19-20,25H2,3-6H3;5H,1-3H3/t28-,29?;/m0./s1. The number of aromatic nitrogens is 1. The van der Waals surface area contributed by atoms with Crippen molar-refractivity contribution in [2.45, 2.75) is 91.8 Å². The van der Waals surface area contributed by atoms with Gasteiger partial charge in [-0.05, 0) is 131 Å². The van der Waals surface area contributed by atoms with Gasteiger partial charge in [-0.3, -0.25) is 4.79 Å². The van der Waals surface area contributed by atoms with Crippen LogP contribution in [-0.4, -0.2) is 41.0 Å². The van der Waals surface area contributed by atoms with E-state index in [4.69, 9.17) is 24.3 Å². The second-order valence-electron chi connectivity index (χ2n) is 14.7. The normalized spacial score (nSPS) is 14.3. The van der Waals surface area contributed by atoms with Crippen LogP contribution in [0.2, 0.25) is 0 Å². The summed E-state index contributed by atoms with van der Waals surface area (Å²) in [6.07, 6.45) is 6.69. The Labute approximate surface area is 319 Å². The topological polar surface area (TPSA) is 77.9 Å². The zero-order valence-electron chi connectivity index (χ0n) is 32.3. The molecule has 1 aromatic heterocycles. The Morgan fingerprint density at radius 3 is 2.51 bits per heavy atom. The largest absolute Gasteiger partial charge is 0.493 e. The van der Waals surface area contributed by atoms with E-state index in [1.807, 2.05) is 19.1 Å². The highest BCUT2D eigenvalue weighted by atomic mass is 32.1. The van der Waals surface area contributed by atoms with Crippen LogP contribution < -0.4 is 9.47 Å². The van der Waals surface area contributed by atoms with Gasteiger partial charge in [-0.2, -0.15) is 0 Å². The lowest BCUT2D eigenvalue weighted by Gasteiger charge is -2.26. The Hall–Kier alpha value is -4.72. The van der Waals surface area contributed by atoms with Crippen molar-refractivity contribution in [1.82, 2.24) is 4.98 Å². The minimum absolute atomic E-state index is 0.0177. The van der Waals surface area contributed by atoms with E-state index < -0.39 is 5.60 Å². The summed E-state index contributed by atoms with van der Waals surface area (Å²) in [5, 5.41) is 9.44. The third-order valence-electron chi connectivity index (χ3n) is 8.93. The third-order valence-corrected chi connectivity index (χ3v) is 10.1. The molecule has 4 aromatic carbocycles. The van der Waals surface area contributed by atoms with E-state index in [2.05, 4.69) is 101 Å². The number of allylic oxidation sites excluding steroid dienone is 1. The third kappa shape index (κ3) is 10.0. The lowest BCUT2D eigenvalue weighted by atomic mass is 9.86. The lowest BCUT2D eigenvalue weighted by Crippen LogP contribution is -2.14. The molecule has 0 radical (unpaired) electrons. The van der Waals surface area contributed by atoms with Crippen LogP contribution in [0.4, 0.5) is 0 Å². The van der Waals surface area contributed by atoms with Gasteiger partial charge in [-0.15, -0.1) is 24.5 Å². The highest BCUT2D eigenvalue weighted by Gasteiger charge is 2.25. The van der Waals surface area contributed by atoms with Crippen LogP contribution in [0.5, 0.6) is 11.5 Å². The lowest BCUT2D eigenvalue weighted by molar-refractivity contribution is -0.142. The van der Waals surface area contributed by atoms with Crippen molar-refractivity contribution in [3.63, 3.8) is 0 Å². The molecule has 1 N–H and O–H groups in total. The minimum Gasteiger partial charge on any atom is -0.493 e. The van der Waals surface area contributed by atoms with Crippen molar-refractivity contribution in [3.05, 3.63) is 114 Å².